The fourth-order valence-corrected chi connectivity index (χ4v) is 7.27. The summed E-state index contributed by atoms with van der Waals surface area (Å²) in [6.07, 6.45) is 0. The molecular formula is C44H26N4. The highest BCUT2D eigenvalue weighted by Crippen LogP contribution is 2.40. The summed E-state index contributed by atoms with van der Waals surface area (Å²) in [7, 11) is 0. The Balaban J connectivity index is 1.35. The maximum atomic E-state index is 10.8. The molecule has 48 heavy (non-hydrogen) atoms. The van der Waals surface area contributed by atoms with E-state index in [2.05, 4.69) is 135 Å². The van der Waals surface area contributed by atoms with E-state index in [1.165, 1.54) is 10.8 Å². The van der Waals surface area contributed by atoms with Gasteiger partial charge >= 0.3 is 0 Å². The molecule has 0 fully saturated rings. The Bertz CT molecular complexity index is 2750. The number of nitrogens with zero attached hydrogens (tertiary/aromatic N) is 4. The van der Waals surface area contributed by atoms with Crippen LogP contribution in [0.1, 0.15) is 5.56 Å². The van der Waals surface area contributed by atoms with E-state index in [1.54, 1.807) is 0 Å². The predicted octanol–water partition coefficient (Wildman–Crippen LogP) is 11.6. The van der Waals surface area contributed by atoms with Gasteiger partial charge in [-0.1, -0.05) is 109 Å². The van der Waals surface area contributed by atoms with Crippen LogP contribution in [0.4, 0.5) is 5.69 Å². The van der Waals surface area contributed by atoms with E-state index in [1.807, 2.05) is 42.5 Å². The molecule has 7 aromatic carbocycles. The van der Waals surface area contributed by atoms with Crippen molar-refractivity contribution >= 4 is 49.3 Å². The Morgan fingerprint density at radius 1 is 0.458 bits per heavy atom. The van der Waals surface area contributed by atoms with Crippen LogP contribution >= 0.6 is 0 Å². The van der Waals surface area contributed by atoms with Crippen molar-refractivity contribution in [2.45, 2.75) is 0 Å². The van der Waals surface area contributed by atoms with Crippen molar-refractivity contribution in [3.05, 3.63) is 175 Å². The van der Waals surface area contributed by atoms with Crippen LogP contribution in [-0.4, -0.2) is 9.13 Å². The fraction of sp³-hybridized carbons (Fsp3) is 0. The third-order valence-corrected chi connectivity index (χ3v) is 9.36. The van der Waals surface area contributed by atoms with Crippen LogP contribution in [0.3, 0.4) is 0 Å². The highest BCUT2D eigenvalue weighted by Gasteiger charge is 2.20. The third-order valence-electron chi connectivity index (χ3n) is 9.36. The quantitative estimate of drug-likeness (QED) is 0.183. The third kappa shape index (κ3) is 4.14. The van der Waals surface area contributed by atoms with Gasteiger partial charge in [-0.05, 0) is 59.7 Å². The first-order valence-corrected chi connectivity index (χ1v) is 15.9. The smallest absolute Gasteiger partial charge is 0.189 e. The zero-order valence-corrected chi connectivity index (χ0v) is 25.8. The SMILES string of the molecule is [C-]#[N+]c1ccc2c3ccccc3n(-c3cc(-c4ccccc4)c(C#N)c(-c4cccc(-n5c6ccccc6c6ccccc65)c4)c3)c2c1. The van der Waals surface area contributed by atoms with Gasteiger partial charge in [0, 0.05) is 49.6 Å². The summed E-state index contributed by atoms with van der Waals surface area (Å²) in [5, 5.41) is 15.4. The topological polar surface area (TPSA) is 38.0 Å². The summed E-state index contributed by atoms with van der Waals surface area (Å²) in [5.74, 6) is 0. The first-order chi connectivity index (χ1) is 23.7. The number of nitriles is 1. The van der Waals surface area contributed by atoms with E-state index < -0.39 is 0 Å². The average Bonchev–Trinajstić information content (AvgIpc) is 3.67. The van der Waals surface area contributed by atoms with Gasteiger partial charge in [-0.25, -0.2) is 4.85 Å². The summed E-state index contributed by atoms with van der Waals surface area (Å²) in [5.41, 5.74) is 11.1. The zero-order chi connectivity index (χ0) is 32.2. The zero-order valence-electron chi connectivity index (χ0n) is 25.8. The number of hydrogen-bond donors (Lipinski definition) is 0. The lowest BCUT2D eigenvalue weighted by Crippen LogP contribution is -2.00. The van der Waals surface area contributed by atoms with Crippen molar-refractivity contribution in [2.24, 2.45) is 0 Å². The van der Waals surface area contributed by atoms with E-state index in [9.17, 15) is 5.26 Å². The molecule has 0 amide bonds. The van der Waals surface area contributed by atoms with Crippen molar-refractivity contribution in [1.29, 1.82) is 5.26 Å². The average molecular weight is 611 g/mol. The van der Waals surface area contributed by atoms with Crippen LogP contribution in [0, 0.1) is 17.9 Å². The molecule has 0 aliphatic carbocycles. The molecule has 0 spiro atoms. The molecule has 9 rings (SSSR count). The molecule has 0 atom stereocenters. The minimum absolute atomic E-state index is 0.586. The van der Waals surface area contributed by atoms with E-state index in [4.69, 9.17) is 6.57 Å². The largest absolute Gasteiger partial charge is 0.310 e. The lowest BCUT2D eigenvalue weighted by Gasteiger charge is -2.17. The van der Waals surface area contributed by atoms with Gasteiger partial charge in [0.05, 0.1) is 28.7 Å². The van der Waals surface area contributed by atoms with Crippen molar-refractivity contribution in [1.82, 2.24) is 9.13 Å². The Kier molecular flexibility index (Phi) is 6.22. The molecule has 0 saturated carbocycles. The van der Waals surface area contributed by atoms with Gasteiger partial charge in [0.15, 0.2) is 5.69 Å². The number of fused-ring (bicyclic) bond motifs is 6. The Labute approximate surface area is 277 Å². The fourth-order valence-electron chi connectivity index (χ4n) is 7.27. The van der Waals surface area contributed by atoms with Crippen molar-refractivity contribution < 1.29 is 0 Å². The number of hydrogen-bond acceptors (Lipinski definition) is 1. The molecule has 0 bridgehead atoms. The van der Waals surface area contributed by atoms with Gasteiger partial charge in [0.2, 0.25) is 0 Å². The molecule has 0 N–H and O–H groups in total. The molecule has 2 heterocycles. The second-order valence-electron chi connectivity index (χ2n) is 12.0. The van der Waals surface area contributed by atoms with Crippen LogP contribution in [-0.2, 0) is 0 Å². The van der Waals surface area contributed by atoms with Crippen LogP contribution in [0.5, 0.6) is 0 Å². The normalized spacial score (nSPS) is 11.3. The van der Waals surface area contributed by atoms with Gasteiger partial charge < -0.3 is 9.13 Å². The number of benzene rings is 7. The molecule has 0 radical (unpaired) electrons. The van der Waals surface area contributed by atoms with E-state index in [0.29, 0.717) is 11.3 Å². The summed E-state index contributed by atoms with van der Waals surface area (Å²) >= 11 is 0. The molecule has 0 aliphatic heterocycles. The Hall–Kier alpha value is -6.88. The van der Waals surface area contributed by atoms with Gasteiger partial charge in [-0.3, -0.25) is 0 Å². The predicted molar refractivity (Wildman–Crippen MR) is 197 cm³/mol. The minimum atomic E-state index is 0.586. The van der Waals surface area contributed by atoms with Crippen LogP contribution < -0.4 is 0 Å². The second kappa shape index (κ2) is 10.9. The highest BCUT2D eigenvalue weighted by atomic mass is 15.0. The van der Waals surface area contributed by atoms with Crippen molar-refractivity contribution in [3.63, 3.8) is 0 Å². The Morgan fingerprint density at radius 3 is 1.58 bits per heavy atom. The summed E-state index contributed by atoms with van der Waals surface area (Å²) < 4.78 is 4.54. The second-order valence-corrected chi connectivity index (χ2v) is 12.0. The minimum Gasteiger partial charge on any atom is -0.310 e. The number of aromatic nitrogens is 2. The van der Waals surface area contributed by atoms with Crippen LogP contribution in [0.25, 0.3) is 82.1 Å². The molecule has 0 unspecified atom stereocenters. The van der Waals surface area contributed by atoms with Crippen molar-refractivity contribution in [2.75, 3.05) is 0 Å². The van der Waals surface area contributed by atoms with E-state index in [0.717, 1.165) is 66.5 Å². The molecule has 0 saturated heterocycles. The highest BCUT2D eigenvalue weighted by molar-refractivity contribution is 6.11. The van der Waals surface area contributed by atoms with E-state index in [-0.39, 0.29) is 0 Å². The maximum absolute atomic E-state index is 10.8. The van der Waals surface area contributed by atoms with Gasteiger partial charge in [0.1, 0.15) is 6.07 Å². The molecule has 9 aromatic rings. The standard InChI is InChI=1S/C44H26N4/c1-46-31-22-23-37-36-18-7-10-21-43(36)48(44(37)25-31)33-26-38(29-12-3-2-4-13-29)40(28-45)39(27-33)30-14-11-15-32(24-30)47-41-19-8-5-16-34(41)35-17-6-9-20-42(35)47/h2-27H. The first-order valence-electron chi connectivity index (χ1n) is 15.9. The lowest BCUT2D eigenvalue weighted by molar-refractivity contribution is 1.17. The number of para-hydroxylation sites is 3. The molecule has 4 nitrogen and oxygen atoms in total. The maximum Gasteiger partial charge on any atom is 0.189 e. The molecule has 2 aromatic heterocycles. The van der Waals surface area contributed by atoms with Gasteiger partial charge in [-0.2, -0.15) is 5.26 Å². The molecule has 0 aliphatic rings. The van der Waals surface area contributed by atoms with Gasteiger partial charge in [0.25, 0.3) is 0 Å². The molecule has 4 heteroatoms. The van der Waals surface area contributed by atoms with Crippen LogP contribution in [0.15, 0.2) is 158 Å². The van der Waals surface area contributed by atoms with E-state index >= 15 is 0 Å². The summed E-state index contributed by atoms with van der Waals surface area (Å²) in [6.45, 7) is 7.73. The van der Waals surface area contributed by atoms with Crippen molar-refractivity contribution in [3.8, 4) is 39.7 Å². The lowest BCUT2D eigenvalue weighted by atomic mass is 9.91. The number of rotatable bonds is 4. The Morgan fingerprint density at radius 2 is 0.979 bits per heavy atom. The molecule has 222 valence electrons. The first kappa shape index (κ1) is 27.4. The summed E-state index contributed by atoms with van der Waals surface area (Å²) in [6, 6.07) is 56.7. The summed E-state index contributed by atoms with van der Waals surface area (Å²) in [4.78, 5) is 3.75. The van der Waals surface area contributed by atoms with Gasteiger partial charge in [-0.15, -0.1) is 0 Å². The van der Waals surface area contributed by atoms with Crippen LogP contribution in [0.2, 0.25) is 0 Å². The monoisotopic (exact) mass is 610 g/mol. The molecular weight excluding hydrogens is 585 g/mol.